The van der Waals surface area contributed by atoms with Crippen molar-refractivity contribution < 1.29 is 33.7 Å². The van der Waals surface area contributed by atoms with Gasteiger partial charge in [0.1, 0.15) is 12.6 Å². The van der Waals surface area contributed by atoms with Gasteiger partial charge in [-0.2, -0.15) is 0 Å². The fourth-order valence-corrected chi connectivity index (χ4v) is 4.67. The summed E-state index contributed by atoms with van der Waals surface area (Å²) in [4.78, 5) is 39.0. The highest BCUT2D eigenvalue weighted by Crippen LogP contribution is 2.44. The van der Waals surface area contributed by atoms with E-state index in [1.807, 2.05) is 36.4 Å². The highest BCUT2D eigenvalue weighted by atomic mass is 16.6. The predicted octanol–water partition coefficient (Wildman–Crippen LogP) is 2.63. The summed E-state index contributed by atoms with van der Waals surface area (Å²) in [6.07, 6.45) is -1.41. The fraction of sp³-hybridized carbons (Fsp3) is 0.423. The molecular weight excluding hydrogens is 452 g/mol. The number of ether oxygens (including phenoxy) is 3. The van der Waals surface area contributed by atoms with Gasteiger partial charge in [-0.25, -0.2) is 9.59 Å². The molecule has 2 aromatic rings. The molecule has 186 valence electrons. The highest BCUT2D eigenvalue weighted by molar-refractivity contribution is 5.87. The Morgan fingerprint density at radius 2 is 1.74 bits per heavy atom. The van der Waals surface area contributed by atoms with Crippen molar-refractivity contribution in [2.45, 2.75) is 37.5 Å². The van der Waals surface area contributed by atoms with Gasteiger partial charge in [-0.05, 0) is 36.1 Å². The Morgan fingerprint density at radius 1 is 1.14 bits per heavy atom. The number of nitrogens with zero attached hydrogens (tertiary/aromatic N) is 1. The molecule has 1 saturated heterocycles. The van der Waals surface area contributed by atoms with Crippen LogP contribution in [0.2, 0.25) is 0 Å². The van der Waals surface area contributed by atoms with Gasteiger partial charge >= 0.3 is 12.1 Å². The van der Waals surface area contributed by atoms with E-state index < -0.39 is 35.7 Å². The molecular formula is C26H30N2O7. The summed E-state index contributed by atoms with van der Waals surface area (Å²) in [5.74, 6) is -1.72. The lowest BCUT2D eigenvalue weighted by molar-refractivity contribution is -0.178. The van der Waals surface area contributed by atoms with Crippen LogP contribution in [0.4, 0.5) is 4.79 Å². The minimum atomic E-state index is -1.52. The number of benzene rings is 2. The van der Waals surface area contributed by atoms with E-state index in [9.17, 15) is 19.5 Å². The summed E-state index contributed by atoms with van der Waals surface area (Å²) in [5.41, 5.74) is 2.89. The summed E-state index contributed by atoms with van der Waals surface area (Å²) >= 11 is 0. The summed E-state index contributed by atoms with van der Waals surface area (Å²) < 4.78 is 16.3. The van der Waals surface area contributed by atoms with Gasteiger partial charge in [-0.15, -0.1) is 0 Å². The van der Waals surface area contributed by atoms with Crippen LogP contribution in [-0.2, 0) is 23.8 Å². The van der Waals surface area contributed by atoms with Crippen LogP contribution in [0.15, 0.2) is 48.5 Å². The number of methoxy groups -OCH3 is 1. The third-order valence-electron chi connectivity index (χ3n) is 6.76. The molecule has 2 aromatic carbocycles. The third-order valence-corrected chi connectivity index (χ3v) is 6.76. The van der Waals surface area contributed by atoms with Crippen molar-refractivity contribution in [2.24, 2.45) is 0 Å². The topological polar surface area (TPSA) is 114 Å². The number of aliphatic carboxylic acids is 1. The van der Waals surface area contributed by atoms with Crippen molar-refractivity contribution in [1.82, 2.24) is 10.2 Å². The zero-order valence-corrected chi connectivity index (χ0v) is 20.0. The second-order valence-electron chi connectivity index (χ2n) is 9.03. The van der Waals surface area contributed by atoms with E-state index in [0.29, 0.717) is 0 Å². The van der Waals surface area contributed by atoms with Crippen LogP contribution >= 0.6 is 0 Å². The molecule has 3 atom stereocenters. The number of alkyl carbamates (subject to hydrolysis) is 1. The minimum Gasteiger partial charge on any atom is -0.479 e. The van der Waals surface area contributed by atoms with Gasteiger partial charge in [0.05, 0.1) is 19.3 Å². The molecule has 1 heterocycles. The third kappa shape index (κ3) is 4.87. The Kier molecular flexibility index (Phi) is 7.09. The van der Waals surface area contributed by atoms with E-state index in [1.165, 1.54) is 18.9 Å². The Hall–Kier alpha value is -3.43. The zero-order chi connectivity index (χ0) is 25.2. The average molecular weight is 483 g/mol. The summed E-state index contributed by atoms with van der Waals surface area (Å²) in [5, 5.41) is 12.1. The van der Waals surface area contributed by atoms with Gasteiger partial charge in [-0.3, -0.25) is 4.79 Å². The molecule has 2 aliphatic rings. The highest BCUT2D eigenvalue weighted by Gasteiger charge is 2.43. The number of carboxylic acids is 1. The van der Waals surface area contributed by atoms with Crippen LogP contribution in [0, 0.1) is 0 Å². The number of amides is 2. The maximum absolute atomic E-state index is 13.3. The Balaban J connectivity index is 1.44. The Morgan fingerprint density at radius 3 is 2.31 bits per heavy atom. The van der Waals surface area contributed by atoms with Crippen molar-refractivity contribution in [1.29, 1.82) is 0 Å². The molecule has 35 heavy (non-hydrogen) atoms. The number of nitrogens with one attached hydrogen (secondary N) is 1. The lowest BCUT2D eigenvalue weighted by atomic mass is 9.98. The normalized spacial score (nSPS) is 20.9. The van der Waals surface area contributed by atoms with Crippen molar-refractivity contribution in [3.63, 3.8) is 0 Å². The zero-order valence-electron chi connectivity index (χ0n) is 20.0. The number of carbonyl (C=O) groups is 3. The lowest BCUT2D eigenvalue weighted by Gasteiger charge is -2.39. The van der Waals surface area contributed by atoms with E-state index in [-0.39, 0.29) is 32.2 Å². The molecule has 3 unspecified atom stereocenters. The van der Waals surface area contributed by atoms with E-state index in [1.54, 1.807) is 6.92 Å². The second kappa shape index (κ2) is 10.1. The van der Waals surface area contributed by atoms with Crippen LogP contribution in [0.25, 0.3) is 11.1 Å². The van der Waals surface area contributed by atoms with Crippen molar-refractivity contribution in [2.75, 3.05) is 33.4 Å². The molecule has 2 amide bonds. The summed E-state index contributed by atoms with van der Waals surface area (Å²) in [6.45, 7) is 3.33. The van der Waals surface area contributed by atoms with Crippen molar-refractivity contribution in [3.8, 4) is 11.1 Å². The molecule has 9 nitrogen and oxygen atoms in total. The van der Waals surface area contributed by atoms with Crippen LogP contribution in [-0.4, -0.2) is 79.1 Å². The number of carbonyl (C=O) groups excluding carboxylic acids is 2. The molecule has 4 rings (SSSR count). The standard InChI is InChI=1S/C26H30N2O7/c1-16(33-3)22(23(29)28-12-13-35-26(2,15-28)24(30)31)27-25(32)34-14-21-19-10-6-4-8-17(19)18-9-5-7-11-20(18)21/h4-11,16,21-22H,12-15H2,1-3H3,(H,27,32)(H,30,31). The molecule has 2 N–H and O–H groups in total. The van der Waals surface area contributed by atoms with E-state index >= 15 is 0 Å². The number of carboxylic acid groups (broad SMARTS) is 1. The first-order valence-electron chi connectivity index (χ1n) is 11.6. The number of hydrogen-bond donors (Lipinski definition) is 2. The number of fused-ring (bicyclic) bond motifs is 3. The van der Waals surface area contributed by atoms with Gasteiger partial charge in [0.15, 0.2) is 5.60 Å². The number of morpholine rings is 1. The SMILES string of the molecule is COC(C)C(NC(=O)OCC1c2ccccc2-c2ccccc21)C(=O)N1CCOC(C)(C(=O)O)C1. The monoisotopic (exact) mass is 482 g/mol. The molecule has 9 heteroatoms. The second-order valence-corrected chi connectivity index (χ2v) is 9.03. The molecule has 0 radical (unpaired) electrons. The van der Waals surface area contributed by atoms with E-state index in [4.69, 9.17) is 14.2 Å². The van der Waals surface area contributed by atoms with Crippen LogP contribution in [0.3, 0.4) is 0 Å². The molecule has 0 spiro atoms. The van der Waals surface area contributed by atoms with E-state index in [2.05, 4.69) is 17.4 Å². The predicted molar refractivity (Wildman–Crippen MR) is 127 cm³/mol. The fourth-order valence-electron chi connectivity index (χ4n) is 4.67. The summed E-state index contributed by atoms with van der Waals surface area (Å²) in [7, 11) is 1.44. The maximum Gasteiger partial charge on any atom is 0.407 e. The molecule has 0 aromatic heterocycles. The van der Waals surface area contributed by atoms with Crippen molar-refractivity contribution in [3.05, 3.63) is 59.7 Å². The molecule has 0 saturated carbocycles. The average Bonchev–Trinajstić information content (AvgIpc) is 3.19. The Bertz CT molecular complexity index is 1070. The maximum atomic E-state index is 13.3. The first kappa shape index (κ1) is 24.7. The van der Waals surface area contributed by atoms with Gasteiger partial charge in [0, 0.05) is 19.6 Å². The van der Waals surface area contributed by atoms with Gasteiger partial charge in [0.25, 0.3) is 0 Å². The minimum absolute atomic E-state index is 0.0770. The van der Waals surface area contributed by atoms with Gasteiger partial charge in [0.2, 0.25) is 5.91 Å². The number of hydrogen-bond acceptors (Lipinski definition) is 6. The molecule has 1 aliphatic carbocycles. The number of rotatable bonds is 7. The van der Waals surface area contributed by atoms with Crippen LogP contribution in [0.1, 0.15) is 30.9 Å². The Labute approximate surface area is 204 Å². The molecule has 0 bridgehead atoms. The largest absolute Gasteiger partial charge is 0.479 e. The first-order valence-corrected chi connectivity index (χ1v) is 11.6. The van der Waals surface area contributed by atoms with Gasteiger partial charge in [-0.1, -0.05) is 48.5 Å². The smallest absolute Gasteiger partial charge is 0.407 e. The van der Waals surface area contributed by atoms with Crippen molar-refractivity contribution >= 4 is 18.0 Å². The first-order chi connectivity index (χ1) is 16.7. The summed E-state index contributed by atoms with van der Waals surface area (Å²) in [6, 6.07) is 15.0. The molecule has 1 fully saturated rings. The van der Waals surface area contributed by atoms with Gasteiger partial charge < -0.3 is 29.5 Å². The quantitative estimate of drug-likeness (QED) is 0.624. The van der Waals surface area contributed by atoms with Crippen LogP contribution < -0.4 is 5.32 Å². The van der Waals surface area contributed by atoms with Crippen LogP contribution in [0.5, 0.6) is 0 Å². The van der Waals surface area contributed by atoms with E-state index in [0.717, 1.165) is 22.3 Å². The lowest BCUT2D eigenvalue weighted by Crippen LogP contribution is -2.61. The molecule has 1 aliphatic heterocycles.